The third-order valence-corrected chi connectivity index (χ3v) is 3.31. The molecule has 0 unspecified atom stereocenters. The van der Waals surface area contributed by atoms with Gasteiger partial charge in [0.15, 0.2) is 0 Å². The number of aryl methyl sites for hydroxylation is 1. The number of nitro benzene ring substituents is 1. The number of amides is 1. The molecule has 0 aliphatic carbocycles. The number of hydrazone groups is 1. The van der Waals surface area contributed by atoms with E-state index in [9.17, 15) is 14.9 Å². The molecule has 0 spiro atoms. The van der Waals surface area contributed by atoms with Gasteiger partial charge in [0.1, 0.15) is 0 Å². The quantitative estimate of drug-likeness (QED) is 0.519. The van der Waals surface area contributed by atoms with E-state index in [1.54, 1.807) is 12.1 Å². The van der Waals surface area contributed by atoms with Crippen LogP contribution in [0.5, 0.6) is 0 Å². The topological polar surface area (TPSA) is 97.5 Å². The first-order valence-electron chi connectivity index (χ1n) is 6.02. The zero-order chi connectivity index (χ0) is 15.2. The van der Waals surface area contributed by atoms with Crippen LogP contribution in [0.2, 0.25) is 0 Å². The zero-order valence-electron chi connectivity index (χ0n) is 11.1. The number of thiazole rings is 1. The van der Waals surface area contributed by atoms with Gasteiger partial charge < -0.3 is 0 Å². The summed E-state index contributed by atoms with van der Waals surface area (Å²) in [5.41, 5.74) is 3.57. The summed E-state index contributed by atoms with van der Waals surface area (Å²) in [6.45, 7) is 1.87. The van der Waals surface area contributed by atoms with Gasteiger partial charge in [0.05, 0.1) is 28.3 Å². The standard InChI is InChI=1S/C13H12N4O3S/c1-9-15-11(8-21-9)6-13(18)16-14-7-10-3-2-4-12(5-10)17(19)20/h2-5,7-8H,6H2,1H3,(H,16,18). The van der Waals surface area contributed by atoms with Crippen molar-refractivity contribution >= 4 is 29.1 Å². The van der Waals surface area contributed by atoms with Crippen LogP contribution >= 0.6 is 11.3 Å². The van der Waals surface area contributed by atoms with Gasteiger partial charge in [-0.2, -0.15) is 5.10 Å². The van der Waals surface area contributed by atoms with Crippen molar-refractivity contribution in [1.29, 1.82) is 0 Å². The van der Waals surface area contributed by atoms with Crippen molar-refractivity contribution in [2.75, 3.05) is 0 Å². The number of hydrogen-bond acceptors (Lipinski definition) is 6. The zero-order valence-corrected chi connectivity index (χ0v) is 12.0. The Morgan fingerprint density at radius 3 is 3.05 bits per heavy atom. The third kappa shape index (κ3) is 4.46. The minimum Gasteiger partial charge on any atom is -0.273 e. The normalized spacial score (nSPS) is 10.7. The number of nitrogens with zero attached hydrogens (tertiary/aromatic N) is 3. The molecule has 0 radical (unpaired) electrons. The number of benzene rings is 1. The lowest BCUT2D eigenvalue weighted by molar-refractivity contribution is -0.384. The molecule has 0 aliphatic rings. The largest absolute Gasteiger partial charge is 0.273 e. The van der Waals surface area contributed by atoms with Crippen molar-refractivity contribution in [3.05, 3.63) is 56.0 Å². The van der Waals surface area contributed by atoms with Crippen molar-refractivity contribution in [3.63, 3.8) is 0 Å². The van der Waals surface area contributed by atoms with E-state index in [4.69, 9.17) is 0 Å². The Labute approximate surface area is 124 Å². The fraction of sp³-hybridized carbons (Fsp3) is 0.154. The minimum absolute atomic E-state index is 0.0248. The summed E-state index contributed by atoms with van der Waals surface area (Å²) < 4.78 is 0. The Bertz CT molecular complexity index is 696. The van der Waals surface area contributed by atoms with Crippen molar-refractivity contribution in [2.24, 2.45) is 5.10 Å². The van der Waals surface area contributed by atoms with Crippen LogP contribution in [0.4, 0.5) is 5.69 Å². The molecule has 108 valence electrons. The SMILES string of the molecule is Cc1nc(CC(=O)NN=Cc2cccc([N+](=O)[O-])c2)cs1. The molecule has 1 N–H and O–H groups in total. The number of nitro groups is 1. The van der Waals surface area contributed by atoms with Crippen LogP contribution in [-0.4, -0.2) is 22.0 Å². The van der Waals surface area contributed by atoms with Gasteiger partial charge in [-0.05, 0) is 6.92 Å². The molecule has 0 bridgehead atoms. The molecular weight excluding hydrogens is 292 g/mol. The van der Waals surface area contributed by atoms with Gasteiger partial charge in [-0.1, -0.05) is 12.1 Å². The second-order valence-corrected chi connectivity index (χ2v) is 5.24. The van der Waals surface area contributed by atoms with E-state index in [0.717, 1.165) is 5.01 Å². The number of aromatic nitrogens is 1. The molecule has 0 saturated heterocycles. The van der Waals surface area contributed by atoms with Gasteiger partial charge in [0, 0.05) is 23.1 Å². The van der Waals surface area contributed by atoms with Crippen LogP contribution in [0.1, 0.15) is 16.3 Å². The number of carbonyl (C=O) groups excluding carboxylic acids is 1. The molecule has 7 nitrogen and oxygen atoms in total. The summed E-state index contributed by atoms with van der Waals surface area (Å²) in [5, 5.41) is 17.1. The second-order valence-electron chi connectivity index (χ2n) is 4.18. The number of carbonyl (C=O) groups is 1. The Balaban J connectivity index is 1.91. The average Bonchev–Trinajstić information content (AvgIpc) is 2.84. The van der Waals surface area contributed by atoms with E-state index in [1.807, 2.05) is 12.3 Å². The highest BCUT2D eigenvalue weighted by atomic mass is 32.1. The molecule has 1 aromatic heterocycles. The number of rotatable bonds is 5. The maximum atomic E-state index is 11.6. The number of hydrogen-bond donors (Lipinski definition) is 1. The summed E-state index contributed by atoms with van der Waals surface area (Å²) >= 11 is 1.48. The first-order valence-corrected chi connectivity index (χ1v) is 6.90. The fourth-order valence-electron chi connectivity index (χ4n) is 1.59. The van der Waals surface area contributed by atoms with Gasteiger partial charge in [-0.25, -0.2) is 10.4 Å². The predicted molar refractivity (Wildman–Crippen MR) is 79.4 cm³/mol. The summed E-state index contributed by atoms with van der Waals surface area (Å²) in [6, 6.07) is 5.98. The highest BCUT2D eigenvalue weighted by Gasteiger charge is 2.06. The molecule has 0 fully saturated rings. The van der Waals surface area contributed by atoms with Crippen molar-refractivity contribution in [1.82, 2.24) is 10.4 Å². The van der Waals surface area contributed by atoms with E-state index in [1.165, 1.54) is 29.7 Å². The Morgan fingerprint density at radius 1 is 1.57 bits per heavy atom. The van der Waals surface area contributed by atoms with Crippen LogP contribution in [0.25, 0.3) is 0 Å². The van der Waals surface area contributed by atoms with E-state index in [0.29, 0.717) is 11.3 Å². The van der Waals surface area contributed by atoms with Crippen LogP contribution in [0, 0.1) is 17.0 Å². The second kappa shape index (κ2) is 6.71. The Morgan fingerprint density at radius 2 is 2.38 bits per heavy atom. The molecule has 1 heterocycles. The number of nitrogens with one attached hydrogen (secondary N) is 1. The number of non-ortho nitro benzene ring substituents is 1. The Hall–Kier alpha value is -2.61. The molecule has 8 heteroatoms. The molecule has 2 rings (SSSR count). The van der Waals surface area contributed by atoms with E-state index >= 15 is 0 Å². The highest BCUT2D eigenvalue weighted by molar-refractivity contribution is 7.09. The van der Waals surface area contributed by atoms with Crippen molar-refractivity contribution in [3.8, 4) is 0 Å². The van der Waals surface area contributed by atoms with Crippen molar-refractivity contribution in [2.45, 2.75) is 13.3 Å². The first kappa shape index (κ1) is 14.8. The van der Waals surface area contributed by atoms with Crippen LogP contribution in [-0.2, 0) is 11.2 Å². The molecule has 1 amide bonds. The van der Waals surface area contributed by atoms with Gasteiger partial charge in [0.25, 0.3) is 5.69 Å². The lowest BCUT2D eigenvalue weighted by Gasteiger charge is -1.97. The maximum Gasteiger partial charge on any atom is 0.270 e. The maximum absolute atomic E-state index is 11.6. The van der Waals surface area contributed by atoms with Gasteiger partial charge >= 0.3 is 0 Å². The average molecular weight is 304 g/mol. The van der Waals surface area contributed by atoms with Gasteiger partial charge in [-0.15, -0.1) is 11.3 Å². The van der Waals surface area contributed by atoms with E-state index in [2.05, 4.69) is 15.5 Å². The summed E-state index contributed by atoms with van der Waals surface area (Å²) in [5.74, 6) is -0.290. The lowest BCUT2D eigenvalue weighted by Crippen LogP contribution is -2.19. The van der Waals surface area contributed by atoms with Crippen molar-refractivity contribution < 1.29 is 9.72 Å². The van der Waals surface area contributed by atoms with E-state index < -0.39 is 4.92 Å². The summed E-state index contributed by atoms with van der Waals surface area (Å²) in [6.07, 6.45) is 1.51. The summed E-state index contributed by atoms with van der Waals surface area (Å²) in [7, 11) is 0. The Kier molecular flexibility index (Phi) is 4.72. The van der Waals surface area contributed by atoms with Crippen LogP contribution < -0.4 is 5.43 Å². The fourth-order valence-corrected chi connectivity index (χ4v) is 2.20. The van der Waals surface area contributed by atoms with E-state index in [-0.39, 0.29) is 18.0 Å². The molecule has 2 aromatic rings. The third-order valence-electron chi connectivity index (χ3n) is 2.49. The molecule has 0 saturated carbocycles. The van der Waals surface area contributed by atoms with Crippen LogP contribution in [0.3, 0.4) is 0 Å². The lowest BCUT2D eigenvalue weighted by atomic mass is 10.2. The van der Waals surface area contributed by atoms with Gasteiger partial charge in [0.2, 0.25) is 5.91 Å². The first-order chi connectivity index (χ1) is 10.0. The molecule has 0 aliphatic heterocycles. The van der Waals surface area contributed by atoms with Crippen LogP contribution in [0.15, 0.2) is 34.7 Å². The smallest absolute Gasteiger partial charge is 0.270 e. The molecule has 0 atom stereocenters. The molecular formula is C13H12N4O3S. The monoisotopic (exact) mass is 304 g/mol. The van der Waals surface area contributed by atoms with Gasteiger partial charge in [-0.3, -0.25) is 14.9 Å². The molecule has 21 heavy (non-hydrogen) atoms. The molecule has 1 aromatic carbocycles. The summed E-state index contributed by atoms with van der Waals surface area (Å²) in [4.78, 5) is 25.9. The highest BCUT2D eigenvalue weighted by Crippen LogP contribution is 2.11. The minimum atomic E-state index is -0.486. The predicted octanol–water partition coefficient (Wildman–Crippen LogP) is 2.05.